The average Bonchev–Trinajstić information content (AvgIpc) is 2.97. The van der Waals surface area contributed by atoms with Crippen LogP contribution in [0, 0.1) is 24.2 Å². The number of ether oxygens (including phenoxy) is 1. The van der Waals surface area contributed by atoms with Gasteiger partial charge in [0.15, 0.2) is 0 Å². The zero-order chi connectivity index (χ0) is 18.2. The molecular weight excluding hydrogens is 312 g/mol. The summed E-state index contributed by atoms with van der Waals surface area (Å²) in [6.07, 6.45) is 2.18. The minimum atomic E-state index is -0.391. The summed E-state index contributed by atoms with van der Waals surface area (Å²) >= 11 is 0. The van der Waals surface area contributed by atoms with Crippen molar-refractivity contribution in [1.29, 1.82) is 0 Å². The van der Waals surface area contributed by atoms with Crippen LogP contribution in [0.15, 0.2) is 24.3 Å². The number of para-hydroxylation sites is 1. The van der Waals surface area contributed by atoms with Gasteiger partial charge in [-0.1, -0.05) is 25.1 Å². The van der Waals surface area contributed by atoms with Crippen LogP contribution in [-0.2, 0) is 4.79 Å². The Balaban J connectivity index is 1.61. The van der Waals surface area contributed by atoms with Crippen LogP contribution in [0.4, 0.5) is 0 Å². The summed E-state index contributed by atoms with van der Waals surface area (Å²) in [6, 6.07) is 8.00. The number of nitrogens with one attached hydrogen (secondary N) is 1. The van der Waals surface area contributed by atoms with Gasteiger partial charge in [0, 0.05) is 19.0 Å². The van der Waals surface area contributed by atoms with Crippen molar-refractivity contribution in [2.45, 2.75) is 46.1 Å². The first-order valence-corrected chi connectivity index (χ1v) is 9.40. The van der Waals surface area contributed by atoms with Gasteiger partial charge in [0.1, 0.15) is 12.4 Å². The fraction of sp³-hybridized carbons (Fsp3) is 0.667. The van der Waals surface area contributed by atoms with Crippen LogP contribution in [0.1, 0.15) is 39.2 Å². The number of hydrogen-bond donors (Lipinski definition) is 1. The van der Waals surface area contributed by atoms with Gasteiger partial charge in [-0.2, -0.15) is 0 Å². The molecule has 1 amide bonds. The monoisotopic (exact) mass is 344 g/mol. The first kappa shape index (κ1) is 18.2. The van der Waals surface area contributed by atoms with E-state index in [0.29, 0.717) is 12.5 Å². The fourth-order valence-corrected chi connectivity index (χ4v) is 4.74. The highest BCUT2D eigenvalue weighted by molar-refractivity contribution is 5.80. The third kappa shape index (κ3) is 3.69. The van der Waals surface area contributed by atoms with Gasteiger partial charge in [0.2, 0.25) is 5.91 Å². The molecule has 0 unspecified atom stereocenters. The molecular formula is C21H32N2O2. The SMILES string of the molecule is Cc1ccccc1OCC(C)(C)NC(=O)[C@H]1CC[C@H]2CN(C)C[C@@]21C. The molecule has 2 fully saturated rings. The topological polar surface area (TPSA) is 41.6 Å². The number of fused-ring (bicyclic) bond motifs is 1. The quantitative estimate of drug-likeness (QED) is 0.891. The van der Waals surface area contributed by atoms with Crippen molar-refractivity contribution < 1.29 is 9.53 Å². The third-order valence-electron chi connectivity index (χ3n) is 6.14. The molecule has 0 spiro atoms. The molecule has 1 aliphatic carbocycles. The predicted molar refractivity (Wildman–Crippen MR) is 101 cm³/mol. The molecule has 4 heteroatoms. The summed E-state index contributed by atoms with van der Waals surface area (Å²) in [5, 5.41) is 3.26. The minimum absolute atomic E-state index is 0.111. The highest BCUT2D eigenvalue weighted by atomic mass is 16.5. The van der Waals surface area contributed by atoms with E-state index in [0.717, 1.165) is 30.8 Å². The third-order valence-corrected chi connectivity index (χ3v) is 6.14. The lowest BCUT2D eigenvalue weighted by molar-refractivity contribution is -0.130. The fourth-order valence-electron chi connectivity index (χ4n) is 4.74. The van der Waals surface area contributed by atoms with Gasteiger partial charge in [-0.15, -0.1) is 0 Å². The number of nitrogens with zero attached hydrogens (tertiary/aromatic N) is 1. The number of rotatable bonds is 5. The number of carbonyl (C=O) groups is 1. The van der Waals surface area contributed by atoms with E-state index < -0.39 is 5.54 Å². The van der Waals surface area contributed by atoms with Crippen LogP contribution in [0.5, 0.6) is 5.75 Å². The molecule has 0 radical (unpaired) electrons. The summed E-state index contributed by atoms with van der Waals surface area (Å²) in [5.41, 5.74) is 0.842. The van der Waals surface area contributed by atoms with Gasteiger partial charge >= 0.3 is 0 Å². The molecule has 0 bridgehead atoms. The Morgan fingerprint density at radius 2 is 2.08 bits per heavy atom. The Hall–Kier alpha value is -1.55. The number of likely N-dealkylation sites (tertiary alicyclic amines) is 1. The van der Waals surface area contributed by atoms with Crippen molar-refractivity contribution in [1.82, 2.24) is 10.2 Å². The predicted octanol–water partition coefficient (Wildman–Crippen LogP) is 3.25. The van der Waals surface area contributed by atoms with Crippen molar-refractivity contribution in [3.8, 4) is 5.75 Å². The summed E-state index contributed by atoms with van der Waals surface area (Å²) in [5.74, 6) is 1.84. The average molecular weight is 344 g/mol. The van der Waals surface area contributed by atoms with E-state index in [1.807, 2.05) is 45.0 Å². The number of aryl methyl sites for hydroxylation is 1. The van der Waals surface area contributed by atoms with Crippen LogP contribution in [0.25, 0.3) is 0 Å². The van der Waals surface area contributed by atoms with Crippen molar-refractivity contribution in [2.24, 2.45) is 17.3 Å². The van der Waals surface area contributed by atoms with E-state index in [4.69, 9.17) is 4.74 Å². The van der Waals surface area contributed by atoms with Gasteiger partial charge in [0.05, 0.1) is 5.54 Å². The number of hydrogen-bond acceptors (Lipinski definition) is 3. The van der Waals surface area contributed by atoms with Crippen molar-refractivity contribution in [2.75, 3.05) is 26.7 Å². The Bertz CT molecular complexity index is 643. The zero-order valence-electron chi connectivity index (χ0n) is 16.3. The molecule has 1 N–H and O–H groups in total. The molecule has 4 nitrogen and oxygen atoms in total. The molecule has 3 atom stereocenters. The van der Waals surface area contributed by atoms with Gasteiger partial charge in [0.25, 0.3) is 0 Å². The van der Waals surface area contributed by atoms with E-state index in [2.05, 4.69) is 24.2 Å². The molecule has 0 aromatic heterocycles. The Morgan fingerprint density at radius 3 is 2.80 bits per heavy atom. The molecule has 1 heterocycles. The van der Waals surface area contributed by atoms with E-state index >= 15 is 0 Å². The van der Waals surface area contributed by atoms with Crippen molar-refractivity contribution >= 4 is 5.91 Å². The van der Waals surface area contributed by atoms with Crippen LogP contribution in [0.2, 0.25) is 0 Å². The van der Waals surface area contributed by atoms with E-state index in [1.165, 1.54) is 6.42 Å². The minimum Gasteiger partial charge on any atom is -0.491 e. The molecule has 2 aliphatic rings. The second-order valence-electron chi connectivity index (χ2n) is 8.96. The molecule has 1 aromatic rings. The second-order valence-corrected chi connectivity index (χ2v) is 8.96. The first-order chi connectivity index (χ1) is 11.7. The molecule has 25 heavy (non-hydrogen) atoms. The lowest BCUT2D eigenvalue weighted by Crippen LogP contribution is -2.52. The molecule has 138 valence electrons. The molecule has 1 saturated heterocycles. The maximum absolute atomic E-state index is 13.0. The van der Waals surface area contributed by atoms with Crippen molar-refractivity contribution in [3.63, 3.8) is 0 Å². The molecule has 1 aliphatic heterocycles. The zero-order valence-corrected chi connectivity index (χ0v) is 16.3. The highest BCUT2D eigenvalue weighted by Crippen LogP contribution is 2.52. The maximum Gasteiger partial charge on any atom is 0.224 e. The smallest absolute Gasteiger partial charge is 0.224 e. The number of benzene rings is 1. The maximum atomic E-state index is 13.0. The standard InChI is InChI=1S/C21H32N2O2/c1-15-8-6-7-9-18(15)25-14-20(2,3)22-19(24)17-11-10-16-12-23(5)13-21(16,17)4/h6-9,16-17H,10-14H2,1-5H3,(H,22,24)/t16-,17+,21-/m0/s1. The Kier molecular flexibility index (Phi) is 4.84. The van der Waals surface area contributed by atoms with Crippen LogP contribution in [0.3, 0.4) is 0 Å². The first-order valence-electron chi connectivity index (χ1n) is 9.40. The van der Waals surface area contributed by atoms with Crippen LogP contribution >= 0.6 is 0 Å². The summed E-state index contributed by atoms with van der Waals surface area (Å²) in [4.78, 5) is 15.4. The van der Waals surface area contributed by atoms with E-state index in [9.17, 15) is 4.79 Å². The van der Waals surface area contributed by atoms with E-state index in [-0.39, 0.29) is 17.2 Å². The molecule has 1 aromatic carbocycles. The lowest BCUT2D eigenvalue weighted by atomic mass is 9.75. The second kappa shape index (κ2) is 6.64. The van der Waals surface area contributed by atoms with Crippen LogP contribution in [-0.4, -0.2) is 43.1 Å². The largest absolute Gasteiger partial charge is 0.491 e. The van der Waals surface area contributed by atoms with Gasteiger partial charge < -0.3 is 15.0 Å². The van der Waals surface area contributed by atoms with Crippen molar-refractivity contribution in [3.05, 3.63) is 29.8 Å². The number of amides is 1. The van der Waals surface area contributed by atoms with Crippen LogP contribution < -0.4 is 10.1 Å². The summed E-state index contributed by atoms with van der Waals surface area (Å²) in [6.45, 7) is 11.0. The highest BCUT2D eigenvalue weighted by Gasteiger charge is 2.54. The Morgan fingerprint density at radius 1 is 1.36 bits per heavy atom. The summed E-state index contributed by atoms with van der Waals surface area (Å²) < 4.78 is 5.97. The van der Waals surface area contributed by atoms with Gasteiger partial charge in [-0.25, -0.2) is 0 Å². The normalized spacial score (nSPS) is 29.5. The van der Waals surface area contributed by atoms with Gasteiger partial charge in [-0.05, 0) is 63.6 Å². The Labute approximate surface area is 151 Å². The number of carbonyl (C=O) groups excluding carboxylic acids is 1. The van der Waals surface area contributed by atoms with E-state index in [1.54, 1.807) is 0 Å². The molecule has 1 saturated carbocycles. The lowest BCUT2D eigenvalue weighted by Gasteiger charge is -2.34. The molecule has 3 rings (SSSR count). The summed E-state index contributed by atoms with van der Waals surface area (Å²) in [7, 11) is 2.17. The van der Waals surface area contributed by atoms with Gasteiger partial charge in [-0.3, -0.25) is 4.79 Å².